The van der Waals surface area contributed by atoms with Crippen molar-refractivity contribution in [3.8, 4) is 11.5 Å². The van der Waals surface area contributed by atoms with E-state index in [0.717, 1.165) is 0 Å². The zero-order chi connectivity index (χ0) is 14.8. The molecule has 2 N–H and O–H groups in total. The smallest absolute Gasteiger partial charge is 0.303 e. The van der Waals surface area contributed by atoms with Gasteiger partial charge < -0.3 is 19.9 Å². The van der Waals surface area contributed by atoms with Crippen molar-refractivity contribution in [2.45, 2.75) is 38.9 Å². The van der Waals surface area contributed by atoms with Gasteiger partial charge in [0.25, 0.3) is 0 Å². The van der Waals surface area contributed by atoms with E-state index in [1.165, 1.54) is 0 Å². The Labute approximate surface area is 116 Å². The minimum atomic E-state index is -0.900. The molecular weight excluding hydrogens is 262 g/mol. The summed E-state index contributed by atoms with van der Waals surface area (Å²) in [4.78, 5) is 22.0. The van der Waals surface area contributed by atoms with Gasteiger partial charge in [0.2, 0.25) is 11.7 Å². The summed E-state index contributed by atoms with van der Waals surface area (Å²) in [6.45, 7) is 3.61. The molecule has 108 valence electrons. The van der Waals surface area contributed by atoms with Gasteiger partial charge in [0, 0.05) is 38.4 Å². The van der Waals surface area contributed by atoms with Gasteiger partial charge in [0.05, 0.1) is 0 Å². The Hall–Kier alpha value is -2.24. The van der Waals surface area contributed by atoms with Crippen LogP contribution in [-0.4, -0.2) is 22.8 Å². The van der Waals surface area contributed by atoms with Crippen molar-refractivity contribution in [2.24, 2.45) is 0 Å². The second kappa shape index (κ2) is 5.40. The van der Waals surface area contributed by atoms with Gasteiger partial charge >= 0.3 is 5.97 Å². The maximum Gasteiger partial charge on any atom is 0.303 e. The van der Waals surface area contributed by atoms with Crippen LogP contribution in [-0.2, 0) is 9.59 Å². The van der Waals surface area contributed by atoms with Crippen LogP contribution in [0.25, 0.3) is 0 Å². The van der Waals surface area contributed by atoms with Crippen LogP contribution in [0, 0.1) is 0 Å². The summed E-state index contributed by atoms with van der Waals surface area (Å²) in [7, 11) is 0. The van der Waals surface area contributed by atoms with Crippen molar-refractivity contribution >= 4 is 17.6 Å². The third-order valence-corrected chi connectivity index (χ3v) is 2.73. The second-order valence-electron chi connectivity index (χ2n) is 5.06. The molecule has 0 bridgehead atoms. The molecule has 0 atom stereocenters. The fourth-order valence-corrected chi connectivity index (χ4v) is 1.92. The molecule has 0 aromatic heterocycles. The average molecular weight is 279 g/mol. The summed E-state index contributed by atoms with van der Waals surface area (Å²) in [6, 6.07) is 5.15. The predicted octanol–water partition coefficient (Wildman–Crippen LogP) is 2.39. The lowest BCUT2D eigenvalue weighted by Gasteiger charge is -2.16. The molecule has 1 aliphatic rings. The summed E-state index contributed by atoms with van der Waals surface area (Å²) in [5.41, 5.74) is 0.602. The van der Waals surface area contributed by atoms with E-state index >= 15 is 0 Å². The van der Waals surface area contributed by atoms with Crippen molar-refractivity contribution in [1.29, 1.82) is 0 Å². The van der Waals surface area contributed by atoms with E-state index in [2.05, 4.69) is 5.32 Å². The molecule has 20 heavy (non-hydrogen) atoms. The third kappa shape index (κ3) is 3.63. The molecule has 0 unspecified atom stereocenters. The van der Waals surface area contributed by atoms with Gasteiger partial charge in [-0.2, -0.15) is 0 Å². The number of benzene rings is 1. The number of hydrogen-bond donors (Lipinski definition) is 2. The van der Waals surface area contributed by atoms with Crippen LogP contribution in [0.4, 0.5) is 5.69 Å². The Bertz CT molecular complexity index is 538. The maximum atomic E-state index is 11.6. The van der Waals surface area contributed by atoms with Gasteiger partial charge in [-0.15, -0.1) is 0 Å². The molecule has 0 saturated heterocycles. The van der Waals surface area contributed by atoms with Gasteiger partial charge in [0.15, 0.2) is 11.5 Å². The van der Waals surface area contributed by atoms with Crippen LogP contribution in [0.5, 0.6) is 11.5 Å². The number of aliphatic carboxylic acids is 1. The summed E-state index contributed by atoms with van der Waals surface area (Å²) in [5.74, 6) is -0.600. The normalized spacial score (nSPS) is 14.9. The topological polar surface area (TPSA) is 84.9 Å². The van der Waals surface area contributed by atoms with Gasteiger partial charge in [-0.3, -0.25) is 9.59 Å². The highest BCUT2D eigenvalue weighted by atomic mass is 16.7. The molecule has 0 radical (unpaired) electrons. The number of ether oxygens (including phenoxy) is 2. The number of rotatable bonds is 5. The molecule has 0 fully saturated rings. The Kier molecular flexibility index (Phi) is 3.83. The lowest BCUT2D eigenvalue weighted by molar-refractivity contribution is -0.137. The summed E-state index contributed by atoms with van der Waals surface area (Å²) < 4.78 is 11.1. The number of anilines is 1. The van der Waals surface area contributed by atoms with Crippen molar-refractivity contribution < 1.29 is 24.2 Å². The van der Waals surface area contributed by atoms with E-state index < -0.39 is 11.8 Å². The van der Waals surface area contributed by atoms with Crippen LogP contribution in [0.1, 0.15) is 33.1 Å². The van der Waals surface area contributed by atoms with Crippen molar-refractivity contribution in [3.05, 3.63) is 18.2 Å². The number of carbonyl (C=O) groups is 2. The molecule has 1 aliphatic heterocycles. The highest BCUT2D eigenvalue weighted by molar-refractivity contribution is 5.91. The molecule has 2 rings (SSSR count). The Morgan fingerprint density at radius 3 is 2.60 bits per heavy atom. The molecule has 0 aliphatic carbocycles. The van der Waals surface area contributed by atoms with Crippen molar-refractivity contribution in [2.75, 3.05) is 5.32 Å². The Balaban J connectivity index is 1.92. The first-order valence-corrected chi connectivity index (χ1v) is 6.39. The highest BCUT2D eigenvalue weighted by Gasteiger charge is 2.31. The number of carboxylic acid groups (broad SMARTS) is 1. The highest BCUT2D eigenvalue weighted by Crippen LogP contribution is 2.40. The number of carboxylic acids is 1. The molecule has 1 aromatic carbocycles. The number of amides is 1. The van der Waals surface area contributed by atoms with Gasteiger partial charge in [-0.25, -0.2) is 0 Å². The summed E-state index contributed by atoms with van der Waals surface area (Å²) >= 11 is 0. The number of nitrogens with one attached hydrogen (secondary N) is 1. The second-order valence-corrected chi connectivity index (χ2v) is 5.06. The molecule has 1 aromatic rings. The monoisotopic (exact) mass is 279 g/mol. The fraction of sp³-hybridized carbons (Fsp3) is 0.429. The summed E-state index contributed by atoms with van der Waals surface area (Å²) in [6.07, 6.45) is 0.480. The number of hydrogen-bond acceptors (Lipinski definition) is 4. The first-order chi connectivity index (χ1) is 9.35. The third-order valence-electron chi connectivity index (χ3n) is 2.73. The quantitative estimate of drug-likeness (QED) is 0.864. The lowest BCUT2D eigenvalue weighted by Crippen LogP contribution is -2.29. The Morgan fingerprint density at radius 2 is 1.90 bits per heavy atom. The zero-order valence-corrected chi connectivity index (χ0v) is 11.4. The lowest BCUT2D eigenvalue weighted by atomic mass is 10.2. The van der Waals surface area contributed by atoms with E-state index in [9.17, 15) is 9.59 Å². The first kappa shape index (κ1) is 14.2. The van der Waals surface area contributed by atoms with Gasteiger partial charge in [-0.05, 0) is 18.6 Å². The number of carbonyl (C=O) groups excluding carboxylic acids is 1. The van der Waals surface area contributed by atoms with Crippen LogP contribution >= 0.6 is 0 Å². The van der Waals surface area contributed by atoms with Crippen LogP contribution in [0.2, 0.25) is 0 Å². The van der Waals surface area contributed by atoms with Crippen molar-refractivity contribution in [1.82, 2.24) is 0 Å². The molecule has 1 heterocycles. The van der Waals surface area contributed by atoms with Crippen LogP contribution in [0.15, 0.2) is 18.2 Å². The van der Waals surface area contributed by atoms with Crippen LogP contribution < -0.4 is 14.8 Å². The summed E-state index contributed by atoms with van der Waals surface area (Å²) in [5, 5.41) is 11.2. The molecule has 1 amide bonds. The van der Waals surface area contributed by atoms with Gasteiger partial charge in [-0.1, -0.05) is 0 Å². The van der Waals surface area contributed by atoms with E-state index in [4.69, 9.17) is 14.6 Å². The largest absolute Gasteiger partial charge is 0.481 e. The fourth-order valence-electron chi connectivity index (χ4n) is 1.92. The van der Waals surface area contributed by atoms with Crippen LogP contribution in [0.3, 0.4) is 0 Å². The Morgan fingerprint density at radius 1 is 1.20 bits per heavy atom. The standard InChI is InChI=1S/C14H17NO5/c1-14(2)19-10-7-6-9(8-11(10)20-14)15-12(16)4-3-5-13(17)18/h6-8H,3-5H2,1-2H3,(H,15,16)(H,17,18). The molecule has 6 heteroatoms. The molecule has 0 saturated carbocycles. The molecule has 6 nitrogen and oxygen atoms in total. The maximum absolute atomic E-state index is 11.6. The van der Waals surface area contributed by atoms with E-state index in [-0.39, 0.29) is 18.7 Å². The molecule has 0 spiro atoms. The minimum absolute atomic E-state index is 0.0112. The van der Waals surface area contributed by atoms with E-state index in [1.54, 1.807) is 32.0 Å². The first-order valence-electron chi connectivity index (χ1n) is 6.39. The van der Waals surface area contributed by atoms with E-state index in [1.807, 2.05) is 0 Å². The minimum Gasteiger partial charge on any atom is -0.481 e. The SMILES string of the molecule is CC1(C)Oc2ccc(NC(=O)CCCC(=O)O)cc2O1. The van der Waals surface area contributed by atoms with Gasteiger partial charge in [0.1, 0.15) is 0 Å². The zero-order valence-electron chi connectivity index (χ0n) is 11.4. The molecular formula is C14H17NO5. The van der Waals surface area contributed by atoms with E-state index in [0.29, 0.717) is 23.6 Å². The number of fused-ring (bicyclic) bond motifs is 1. The average Bonchev–Trinajstić information content (AvgIpc) is 2.61. The van der Waals surface area contributed by atoms with Crippen molar-refractivity contribution in [3.63, 3.8) is 0 Å². The predicted molar refractivity (Wildman–Crippen MR) is 71.9 cm³/mol.